The molecule has 0 fully saturated rings. The second kappa shape index (κ2) is 10.2. The molecule has 166 valence electrons. The summed E-state index contributed by atoms with van der Waals surface area (Å²) in [4.78, 5) is 13.1. The molecular formula is C26H40O3Si. The van der Waals surface area contributed by atoms with Crippen LogP contribution in [0.25, 0.3) is 10.8 Å². The van der Waals surface area contributed by atoms with Crippen molar-refractivity contribution in [2.75, 3.05) is 0 Å². The van der Waals surface area contributed by atoms with E-state index in [2.05, 4.69) is 41.5 Å². The molecule has 0 aliphatic heterocycles. The van der Waals surface area contributed by atoms with Crippen LogP contribution in [0.5, 0.6) is 0 Å². The summed E-state index contributed by atoms with van der Waals surface area (Å²) >= 11 is 0. The Hall–Kier alpha value is -1.49. The lowest BCUT2D eigenvalue weighted by molar-refractivity contribution is -0.127. The molecule has 2 rings (SSSR count). The van der Waals surface area contributed by atoms with Crippen molar-refractivity contribution < 1.29 is 14.3 Å². The zero-order chi connectivity index (χ0) is 22.6. The molecule has 2 aromatic carbocycles. The Morgan fingerprint density at radius 2 is 1.40 bits per heavy atom. The molecule has 0 saturated carbocycles. The van der Waals surface area contributed by atoms with Gasteiger partial charge in [0.1, 0.15) is 5.78 Å². The predicted molar refractivity (Wildman–Crippen MR) is 129 cm³/mol. The van der Waals surface area contributed by atoms with Gasteiger partial charge < -0.3 is 9.53 Å². The molecule has 0 aromatic heterocycles. The molecule has 1 N–H and O–H groups in total. The van der Waals surface area contributed by atoms with Gasteiger partial charge in [-0.25, -0.2) is 0 Å². The standard InChI is InChI=1S/C26H40O3Si/c1-17(2)30(18(3)4,19(5)6)29-20(7)16-25(27)21(8)26(28)24-15-11-13-22-12-9-10-14-23(22)24/h9-15,17-21,26,28H,16H2,1-8H3/t20-,21+,26-/m0/s1. The first-order chi connectivity index (χ1) is 14.0. The predicted octanol–water partition coefficient (Wildman–Crippen LogP) is 7.05. The molecule has 0 aliphatic rings. The number of fused-ring (bicyclic) bond motifs is 1. The van der Waals surface area contributed by atoms with Gasteiger partial charge in [-0.05, 0) is 39.9 Å². The van der Waals surface area contributed by atoms with Gasteiger partial charge >= 0.3 is 0 Å². The summed E-state index contributed by atoms with van der Waals surface area (Å²) in [6.45, 7) is 17.4. The van der Waals surface area contributed by atoms with E-state index in [4.69, 9.17) is 4.43 Å². The maximum atomic E-state index is 13.1. The molecule has 0 spiro atoms. The lowest BCUT2D eigenvalue weighted by atomic mass is 9.89. The van der Waals surface area contributed by atoms with Gasteiger partial charge in [-0.3, -0.25) is 4.79 Å². The molecule has 30 heavy (non-hydrogen) atoms. The van der Waals surface area contributed by atoms with E-state index in [1.165, 1.54) is 0 Å². The minimum Gasteiger partial charge on any atom is -0.413 e. The number of carbonyl (C=O) groups excluding carboxylic acids is 1. The molecule has 0 heterocycles. The molecule has 0 unspecified atom stereocenters. The maximum Gasteiger partial charge on any atom is 0.200 e. The number of rotatable bonds is 10. The maximum absolute atomic E-state index is 13.1. The third-order valence-electron chi connectivity index (χ3n) is 6.72. The quantitative estimate of drug-likeness (QED) is 0.412. The van der Waals surface area contributed by atoms with Gasteiger partial charge in [0.25, 0.3) is 0 Å². The average Bonchev–Trinajstić information content (AvgIpc) is 2.69. The summed E-state index contributed by atoms with van der Waals surface area (Å²) in [5.74, 6) is -0.419. The Balaban J connectivity index is 2.16. The molecule has 3 nitrogen and oxygen atoms in total. The first kappa shape index (κ1) is 24.8. The van der Waals surface area contributed by atoms with Crippen LogP contribution in [-0.2, 0) is 9.22 Å². The molecule has 0 amide bonds. The topological polar surface area (TPSA) is 46.5 Å². The van der Waals surface area contributed by atoms with Crippen molar-refractivity contribution in [2.24, 2.45) is 5.92 Å². The summed E-state index contributed by atoms with van der Waals surface area (Å²) in [6, 6.07) is 13.9. The van der Waals surface area contributed by atoms with E-state index in [-0.39, 0.29) is 11.9 Å². The number of aliphatic hydroxyl groups is 1. The van der Waals surface area contributed by atoms with E-state index in [0.29, 0.717) is 23.0 Å². The highest BCUT2D eigenvalue weighted by Crippen LogP contribution is 2.43. The van der Waals surface area contributed by atoms with Crippen molar-refractivity contribution in [1.29, 1.82) is 0 Å². The Labute approximate surface area is 184 Å². The monoisotopic (exact) mass is 428 g/mol. The van der Waals surface area contributed by atoms with Crippen LogP contribution >= 0.6 is 0 Å². The fourth-order valence-corrected chi connectivity index (χ4v) is 10.8. The van der Waals surface area contributed by atoms with E-state index in [1.807, 2.05) is 56.3 Å². The average molecular weight is 429 g/mol. The van der Waals surface area contributed by atoms with Gasteiger partial charge in [0.2, 0.25) is 8.32 Å². The lowest BCUT2D eigenvalue weighted by Gasteiger charge is -2.44. The van der Waals surface area contributed by atoms with E-state index >= 15 is 0 Å². The van der Waals surface area contributed by atoms with Crippen LogP contribution in [0.3, 0.4) is 0 Å². The molecule has 0 saturated heterocycles. The van der Waals surface area contributed by atoms with Gasteiger partial charge in [0, 0.05) is 18.4 Å². The largest absolute Gasteiger partial charge is 0.413 e. The third kappa shape index (κ3) is 5.04. The summed E-state index contributed by atoms with van der Waals surface area (Å²) < 4.78 is 6.74. The molecule has 3 atom stereocenters. The summed E-state index contributed by atoms with van der Waals surface area (Å²) in [5.41, 5.74) is 2.26. The fourth-order valence-electron chi connectivity index (χ4n) is 5.22. The van der Waals surface area contributed by atoms with Crippen LogP contribution < -0.4 is 0 Å². The van der Waals surface area contributed by atoms with Crippen molar-refractivity contribution in [3.8, 4) is 0 Å². The highest BCUT2D eigenvalue weighted by Gasteiger charge is 2.46. The second-order valence-electron chi connectivity index (χ2n) is 9.72. The molecule has 0 aliphatic carbocycles. The van der Waals surface area contributed by atoms with E-state index in [9.17, 15) is 9.90 Å². The van der Waals surface area contributed by atoms with Crippen molar-refractivity contribution in [1.82, 2.24) is 0 Å². The Morgan fingerprint density at radius 1 is 0.867 bits per heavy atom. The Morgan fingerprint density at radius 3 is 1.97 bits per heavy atom. The minimum atomic E-state index is -2.03. The first-order valence-corrected chi connectivity index (χ1v) is 13.5. The summed E-state index contributed by atoms with van der Waals surface area (Å²) in [7, 11) is -2.03. The minimum absolute atomic E-state index is 0.0575. The van der Waals surface area contributed by atoms with E-state index in [1.54, 1.807) is 0 Å². The van der Waals surface area contributed by atoms with Crippen LogP contribution in [0.1, 0.15) is 73.5 Å². The van der Waals surface area contributed by atoms with Crippen LogP contribution in [0.4, 0.5) is 0 Å². The normalized spacial score (nSPS) is 15.7. The van der Waals surface area contributed by atoms with Crippen molar-refractivity contribution in [3.63, 3.8) is 0 Å². The number of benzene rings is 2. The number of carbonyl (C=O) groups is 1. The zero-order valence-electron chi connectivity index (χ0n) is 20.0. The van der Waals surface area contributed by atoms with Gasteiger partial charge in [-0.1, -0.05) is 90.9 Å². The van der Waals surface area contributed by atoms with E-state index < -0.39 is 20.3 Å². The molecular weight excluding hydrogens is 388 g/mol. The lowest BCUT2D eigenvalue weighted by Crippen LogP contribution is -2.50. The SMILES string of the molecule is CC(C)[Si](O[C@@H](C)CC(=O)[C@@H](C)[C@H](O)c1cccc2ccccc12)(C(C)C)C(C)C. The van der Waals surface area contributed by atoms with Crippen molar-refractivity contribution in [2.45, 2.75) is 90.6 Å². The van der Waals surface area contributed by atoms with Crippen LogP contribution in [-0.4, -0.2) is 25.3 Å². The molecule has 0 bridgehead atoms. The Bertz CT molecular complexity index is 816. The van der Waals surface area contributed by atoms with Crippen LogP contribution in [0, 0.1) is 5.92 Å². The second-order valence-corrected chi connectivity index (χ2v) is 15.1. The number of ketones is 1. The Kier molecular flexibility index (Phi) is 8.43. The smallest absolute Gasteiger partial charge is 0.200 e. The van der Waals surface area contributed by atoms with Gasteiger partial charge in [0.05, 0.1) is 6.10 Å². The summed E-state index contributed by atoms with van der Waals surface area (Å²) in [6.07, 6.45) is -0.624. The zero-order valence-corrected chi connectivity index (χ0v) is 21.0. The number of hydrogen-bond acceptors (Lipinski definition) is 3. The first-order valence-electron chi connectivity index (χ1n) is 11.4. The number of hydrogen-bond donors (Lipinski definition) is 1. The molecule has 2 aromatic rings. The van der Waals surface area contributed by atoms with Gasteiger partial charge in [-0.15, -0.1) is 0 Å². The third-order valence-corrected chi connectivity index (χ3v) is 12.9. The van der Waals surface area contributed by atoms with Crippen LogP contribution in [0.15, 0.2) is 42.5 Å². The van der Waals surface area contributed by atoms with E-state index in [0.717, 1.165) is 16.3 Å². The molecule has 0 radical (unpaired) electrons. The van der Waals surface area contributed by atoms with Crippen molar-refractivity contribution >= 4 is 24.9 Å². The van der Waals surface area contributed by atoms with Crippen LogP contribution in [0.2, 0.25) is 16.6 Å². The fraction of sp³-hybridized carbons (Fsp3) is 0.577. The number of Topliss-reactive ketones (excluding diaryl/α,β-unsaturated/α-hetero) is 1. The number of aliphatic hydroxyl groups excluding tert-OH is 1. The highest BCUT2D eigenvalue weighted by molar-refractivity contribution is 6.77. The highest BCUT2D eigenvalue weighted by atomic mass is 28.4. The van der Waals surface area contributed by atoms with Crippen molar-refractivity contribution in [3.05, 3.63) is 48.0 Å². The molecule has 4 heteroatoms. The van der Waals surface area contributed by atoms with Gasteiger partial charge in [0.15, 0.2) is 0 Å². The van der Waals surface area contributed by atoms with Gasteiger partial charge in [-0.2, -0.15) is 0 Å². The summed E-state index contributed by atoms with van der Waals surface area (Å²) in [5, 5.41) is 13.1.